The lowest BCUT2D eigenvalue weighted by atomic mass is 10.2. The second-order valence-corrected chi connectivity index (χ2v) is 4.34. The van der Waals surface area contributed by atoms with E-state index in [1.165, 1.54) is 4.90 Å². The van der Waals surface area contributed by atoms with E-state index in [1.54, 1.807) is 0 Å². The highest BCUT2D eigenvalue weighted by Crippen LogP contribution is 2.17. The lowest BCUT2D eigenvalue weighted by molar-refractivity contribution is -0.150. The van der Waals surface area contributed by atoms with Crippen LogP contribution in [0.2, 0.25) is 0 Å². The van der Waals surface area contributed by atoms with Gasteiger partial charge in [0.25, 0.3) is 0 Å². The van der Waals surface area contributed by atoms with E-state index < -0.39 is 12.0 Å². The van der Waals surface area contributed by atoms with Gasteiger partial charge in [-0.25, -0.2) is 4.79 Å². The van der Waals surface area contributed by atoms with Crippen molar-refractivity contribution in [1.82, 2.24) is 4.90 Å². The van der Waals surface area contributed by atoms with E-state index in [4.69, 9.17) is 9.84 Å². The van der Waals surface area contributed by atoms with Crippen LogP contribution in [0.25, 0.3) is 0 Å². The van der Waals surface area contributed by atoms with Crippen LogP contribution in [-0.2, 0) is 14.3 Å². The molecule has 0 aromatic heterocycles. The van der Waals surface area contributed by atoms with Crippen LogP contribution in [0.5, 0.6) is 0 Å². The number of nitrogens with zero attached hydrogens (tertiary/aromatic N) is 1. The Morgan fingerprint density at radius 3 is 2.82 bits per heavy atom. The summed E-state index contributed by atoms with van der Waals surface area (Å²) in [5.41, 5.74) is 0. The van der Waals surface area contributed by atoms with Crippen molar-refractivity contribution in [2.75, 3.05) is 19.8 Å². The molecule has 1 rings (SSSR count). The fourth-order valence-electron chi connectivity index (χ4n) is 2.02. The van der Waals surface area contributed by atoms with Gasteiger partial charge in [0.2, 0.25) is 5.91 Å². The molecule has 0 radical (unpaired) electrons. The van der Waals surface area contributed by atoms with Gasteiger partial charge >= 0.3 is 5.97 Å². The molecule has 5 heteroatoms. The Labute approximate surface area is 102 Å². The van der Waals surface area contributed by atoms with Crippen molar-refractivity contribution in [3.63, 3.8) is 0 Å². The first-order chi connectivity index (χ1) is 8.16. The highest BCUT2D eigenvalue weighted by Gasteiger charge is 2.33. The molecule has 1 fully saturated rings. The van der Waals surface area contributed by atoms with Crippen molar-refractivity contribution >= 4 is 11.9 Å². The summed E-state index contributed by atoms with van der Waals surface area (Å²) in [6.45, 7) is 3.22. The quantitative estimate of drug-likeness (QED) is 0.684. The molecule has 1 N–H and O–H groups in total. The summed E-state index contributed by atoms with van der Waals surface area (Å²) in [4.78, 5) is 24.0. The summed E-state index contributed by atoms with van der Waals surface area (Å²) in [5, 5.41) is 8.94. The average Bonchev–Trinajstić information content (AvgIpc) is 2.77. The van der Waals surface area contributed by atoms with Gasteiger partial charge in [0, 0.05) is 13.2 Å². The van der Waals surface area contributed by atoms with Gasteiger partial charge in [0.15, 0.2) is 0 Å². The number of aliphatic carboxylic acids is 1. The minimum atomic E-state index is -0.915. The largest absolute Gasteiger partial charge is 0.480 e. The Morgan fingerprint density at radius 2 is 2.18 bits per heavy atom. The van der Waals surface area contributed by atoms with Gasteiger partial charge in [-0.2, -0.15) is 0 Å². The normalized spacial score (nSPS) is 19.6. The predicted octanol–water partition coefficient (Wildman–Crippen LogP) is 1.27. The van der Waals surface area contributed by atoms with E-state index >= 15 is 0 Å². The number of hydrogen-bond donors (Lipinski definition) is 1. The number of ether oxygens (including phenoxy) is 1. The maximum Gasteiger partial charge on any atom is 0.326 e. The summed E-state index contributed by atoms with van der Waals surface area (Å²) in [6.07, 6.45) is 4.47. The van der Waals surface area contributed by atoms with Gasteiger partial charge in [0.05, 0.1) is 0 Å². The van der Waals surface area contributed by atoms with Crippen molar-refractivity contribution in [2.45, 2.75) is 45.1 Å². The number of carbonyl (C=O) groups is 2. The third kappa shape index (κ3) is 4.34. The van der Waals surface area contributed by atoms with Crippen molar-refractivity contribution < 1.29 is 19.4 Å². The van der Waals surface area contributed by atoms with Crippen LogP contribution in [-0.4, -0.2) is 47.7 Å². The third-order valence-corrected chi connectivity index (χ3v) is 2.98. The Bertz CT molecular complexity index is 267. The van der Waals surface area contributed by atoms with E-state index in [0.29, 0.717) is 19.6 Å². The van der Waals surface area contributed by atoms with E-state index in [2.05, 4.69) is 6.92 Å². The third-order valence-electron chi connectivity index (χ3n) is 2.98. The molecule has 17 heavy (non-hydrogen) atoms. The van der Waals surface area contributed by atoms with Crippen LogP contribution >= 0.6 is 0 Å². The zero-order chi connectivity index (χ0) is 12.7. The number of carboxylic acid groups (broad SMARTS) is 1. The van der Waals surface area contributed by atoms with Crippen LogP contribution in [0.15, 0.2) is 0 Å². The molecule has 1 amide bonds. The van der Waals surface area contributed by atoms with E-state index in [0.717, 1.165) is 25.7 Å². The molecule has 0 unspecified atom stereocenters. The second kappa shape index (κ2) is 7.27. The number of carbonyl (C=O) groups excluding carboxylic acids is 1. The molecule has 5 nitrogen and oxygen atoms in total. The zero-order valence-corrected chi connectivity index (χ0v) is 10.4. The van der Waals surface area contributed by atoms with E-state index in [9.17, 15) is 9.59 Å². The Balaban J connectivity index is 2.25. The summed E-state index contributed by atoms with van der Waals surface area (Å²) >= 11 is 0. The fourth-order valence-corrected chi connectivity index (χ4v) is 2.02. The highest BCUT2D eigenvalue weighted by molar-refractivity contribution is 5.84. The molecule has 0 aromatic carbocycles. The van der Waals surface area contributed by atoms with Gasteiger partial charge in [-0.3, -0.25) is 4.79 Å². The summed E-state index contributed by atoms with van der Waals surface area (Å²) in [5.74, 6) is -1.12. The van der Waals surface area contributed by atoms with Crippen molar-refractivity contribution in [2.24, 2.45) is 0 Å². The van der Waals surface area contributed by atoms with Gasteiger partial charge < -0.3 is 14.7 Å². The lowest BCUT2D eigenvalue weighted by Crippen LogP contribution is -2.42. The summed E-state index contributed by atoms with van der Waals surface area (Å²) in [6, 6.07) is -0.651. The van der Waals surface area contributed by atoms with Crippen molar-refractivity contribution in [1.29, 1.82) is 0 Å². The van der Waals surface area contributed by atoms with Crippen LogP contribution in [0.3, 0.4) is 0 Å². The second-order valence-electron chi connectivity index (χ2n) is 4.34. The number of likely N-dealkylation sites (tertiary alicyclic amines) is 1. The minimum absolute atomic E-state index is 0.00743. The minimum Gasteiger partial charge on any atom is -0.480 e. The van der Waals surface area contributed by atoms with Gasteiger partial charge in [-0.15, -0.1) is 0 Å². The molecule has 0 aromatic rings. The molecule has 1 aliphatic rings. The lowest BCUT2D eigenvalue weighted by Gasteiger charge is -2.21. The number of rotatable bonds is 7. The van der Waals surface area contributed by atoms with Crippen LogP contribution in [0.1, 0.15) is 39.0 Å². The number of carboxylic acids is 1. The molecule has 1 atom stereocenters. The van der Waals surface area contributed by atoms with Crippen molar-refractivity contribution in [3.05, 3.63) is 0 Å². The predicted molar refractivity (Wildman–Crippen MR) is 62.7 cm³/mol. The number of amides is 1. The SMILES string of the molecule is CCCCCOCC(=O)N1CCC[C@@H]1C(=O)O. The fraction of sp³-hybridized carbons (Fsp3) is 0.833. The first-order valence-corrected chi connectivity index (χ1v) is 6.26. The Hall–Kier alpha value is -1.10. The van der Waals surface area contributed by atoms with Crippen LogP contribution in [0.4, 0.5) is 0 Å². The molecule has 1 aliphatic heterocycles. The molecule has 0 saturated carbocycles. The number of hydrogen-bond acceptors (Lipinski definition) is 3. The maximum atomic E-state index is 11.7. The highest BCUT2D eigenvalue weighted by atomic mass is 16.5. The van der Waals surface area contributed by atoms with Crippen molar-refractivity contribution in [3.8, 4) is 0 Å². The molecule has 1 saturated heterocycles. The summed E-state index contributed by atoms with van der Waals surface area (Å²) < 4.78 is 5.25. The molecule has 1 heterocycles. The van der Waals surface area contributed by atoms with Crippen LogP contribution < -0.4 is 0 Å². The number of unbranched alkanes of at least 4 members (excludes halogenated alkanes) is 2. The van der Waals surface area contributed by atoms with E-state index in [1.807, 2.05) is 0 Å². The average molecular weight is 243 g/mol. The smallest absolute Gasteiger partial charge is 0.326 e. The molecular weight excluding hydrogens is 222 g/mol. The Kier molecular flexibility index (Phi) is 5.97. The molecule has 0 bridgehead atoms. The first-order valence-electron chi connectivity index (χ1n) is 6.26. The molecule has 0 spiro atoms. The maximum absolute atomic E-state index is 11.7. The van der Waals surface area contributed by atoms with Gasteiger partial charge in [0.1, 0.15) is 12.6 Å². The first kappa shape index (κ1) is 14.0. The Morgan fingerprint density at radius 1 is 1.41 bits per heavy atom. The van der Waals surface area contributed by atoms with Gasteiger partial charge in [-0.1, -0.05) is 19.8 Å². The van der Waals surface area contributed by atoms with E-state index in [-0.39, 0.29) is 12.5 Å². The molecular formula is C12H21NO4. The summed E-state index contributed by atoms with van der Waals surface area (Å²) in [7, 11) is 0. The topological polar surface area (TPSA) is 66.8 Å². The molecule has 0 aliphatic carbocycles. The molecule has 98 valence electrons. The monoisotopic (exact) mass is 243 g/mol. The van der Waals surface area contributed by atoms with Gasteiger partial charge in [-0.05, 0) is 19.3 Å². The zero-order valence-electron chi connectivity index (χ0n) is 10.4. The standard InChI is InChI=1S/C12H21NO4/c1-2-3-4-8-17-9-11(14)13-7-5-6-10(13)12(15)16/h10H,2-9H2,1H3,(H,15,16)/t10-/m1/s1. The van der Waals surface area contributed by atoms with Crippen LogP contribution in [0, 0.1) is 0 Å².